The molecule has 0 fully saturated rings. The molecule has 1 aromatic heterocycles. The number of fused-ring (bicyclic) bond motifs is 1. The minimum atomic E-state index is -0.370. The SMILES string of the molecule is COC(=O)CCC(=O)NCCc1ccc2nc(C)[nH]c2c1. The molecule has 1 amide bonds. The van der Waals surface area contributed by atoms with Crippen molar-refractivity contribution in [1.82, 2.24) is 15.3 Å². The van der Waals surface area contributed by atoms with E-state index in [0.717, 1.165) is 28.8 Å². The Bertz CT molecular complexity index is 649. The molecule has 0 radical (unpaired) electrons. The molecular weight excluding hydrogens is 270 g/mol. The molecule has 0 aliphatic carbocycles. The first-order valence-electron chi connectivity index (χ1n) is 6.87. The second kappa shape index (κ2) is 6.88. The highest BCUT2D eigenvalue weighted by molar-refractivity contribution is 5.81. The van der Waals surface area contributed by atoms with Gasteiger partial charge in [-0.2, -0.15) is 0 Å². The Labute approximate surface area is 122 Å². The summed E-state index contributed by atoms with van der Waals surface area (Å²) in [6.45, 7) is 2.46. The lowest BCUT2D eigenvalue weighted by atomic mass is 10.1. The Hall–Kier alpha value is -2.37. The number of carbonyl (C=O) groups is 2. The third-order valence-corrected chi connectivity index (χ3v) is 3.18. The topological polar surface area (TPSA) is 84.1 Å². The maximum atomic E-state index is 11.5. The van der Waals surface area contributed by atoms with Crippen LogP contribution in [0.4, 0.5) is 0 Å². The lowest BCUT2D eigenvalue weighted by Gasteiger charge is -2.05. The largest absolute Gasteiger partial charge is 0.469 e. The number of aryl methyl sites for hydroxylation is 1. The minimum absolute atomic E-state index is 0.113. The minimum Gasteiger partial charge on any atom is -0.469 e. The Morgan fingerprint density at radius 1 is 1.33 bits per heavy atom. The van der Waals surface area contributed by atoms with Crippen molar-refractivity contribution < 1.29 is 14.3 Å². The molecule has 1 aromatic carbocycles. The van der Waals surface area contributed by atoms with Crippen LogP contribution in [0.15, 0.2) is 18.2 Å². The first kappa shape index (κ1) is 15.0. The zero-order chi connectivity index (χ0) is 15.2. The average Bonchev–Trinajstić information content (AvgIpc) is 2.84. The van der Waals surface area contributed by atoms with Crippen LogP contribution >= 0.6 is 0 Å². The quantitative estimate of drug-likeness (QED) is 0.789. The molecule has 2 aromatic rings. The van der Waals surface area contributed by atoms with Crippen molar-refractivity contribution in [1.29, 1.82) is 0 Å². The first-order valence-corrected chi connectivity index (χ1v) is 6.87. The monoisotopic (exact) mass is 289 g/mol. The fourth-order valence-corrected chi connectivity index (χ4v) is 2.09. The summed E-state index contributed by atoms with van der Waals surface area (Å²) in [4.78, 5) is 30.0. The van der Waals surface area contributed by atoms with Gasteiger partial charge in [0.15, 0.2) is 0 Å². The van der Waals surface area contributed by atoms with Gasteiger partial charge in [0.2, 0.25) is 5.91 Å². The molecule has 0 unspecified atom stereocenters. The van der Waals surface area contributed by atoms with Crippen LogP contribution in [0.3, 0.4) is 0 Å². The van der Waals surface area contributed by atoms with Crippen molar-refractivity contribution in [2.24, 2.45) is 0 Å². The molecule has 2 rings (SSSR count). The van der Waals surface area contributed by atoms with Gasteiger partial charge in [0.25, 0.3) is 0 Å². The van der Waals surface area contributed by atoms with Gasteiger partial charge in [0.05, 0.1) is 24.6 Å². The van der Waals surface area contributed by atoms with Gasteiger partial charge < -0.3 is 15.0 Å². The number of nitrogens with one attached hydrogen (secondary N) is 2. The van der Waals surface area contributed by atoms with Crippen molar-refractivity contribution in [3.63, 3.8) is 0 Å². The van der Waals surface area contributed by atoms with Crippen molar-refractivity contribution in [3.05, 3.63) is 29.6 Å². The molecule has 0 aliphatic heterocycles. The summed E-state index contributed by atoms with van der Waals surface area (Å²) in [5.41, 5.74) is 3.07. The number of aromatic amines is 1. The number of benzene rings is 1. The van der Waals surface area contributed by atoms with Crippen LogP contribution in [0.1, 0.15) is 24.2 Å². The molecule has 6 nitrogen and oxygen atoms in total. The van der Waals surface area contributed by atoms with Gasteiger partial charge in [-0.3, -0.25) is 9.59 Å². The predicted molar refractivity (Wildman–Crippen MR) is 78.8 cm³/mol. The van der Waals surface area contributed by atoms with E-state index in [1.165, 1.54) is 7.11 Å². The molecule has 0 bridgehead atoms. The zero-order valence-electron chi connectivity index (χ0n) is 12.2. The Morgan fingerprint density at radius 2 is 2.14 bits per heavy atom. The summed E-state index contributed by atoms with van der Waals surface area (Å²) in [6.07, 6.45) is 1.01. The van der Waals surface area contributed by atoms with E-state index in [0.29, 0.717) is 6.54 Å². The third-order valence-electron chi connectivity index (χ3n) is 3.18. The lowest BCUT2D eigenvalue weighted by Crippen LogP contribution is -2.26. The van der Waals surface area contributed by atoms with Crippen LogP contribution in [-0.2, 0) is 20.7 Å². The molecule has 1 heterocycles. The third kappa shape index (κ3) is 4.30. The first-order chi connectivity index (χ1) is 10.1. The number of hydrogen-bond acceptors (Lipinski definition) is 4. The molecule has 0 spiro atoms. The Morgan fingerprint density at radius 3 is 2.90 bits per heavy atom. The number of methoxy groups -OCH3 is 1. The maximum absolute atomic E-state index is 11.5. The van der Waals surface area contributed by atoms with E-state index in [1.807, 2.05) is 25.1 Å². The molecule has 0 aliphatic rings. The molecule has 21 heavy (non-hydrogen) atoms. The van der Waals surface area contributed by atoms with Gasteiger partial charge in [0.1, 0.15) is 5.82 Å². The van der Waals surface area contributed by atoms with Gasteiger partial charge in [-0.25, -0.2) is 4.98 Å². The number of nitrogens with zero attached hydrogens (tertiary/aromatic N) is 1. The standard InChI is InChI=1S/C15H19N3O3/c1-10-17-12-4-3-11(9-13(12)18-10)7-8-16-14(19)5-6-15(20)21-2/h3-4,9H,5-8H2,1-2H3,(H,16,19)(H,17,18). The summed E-state index contributed by atoms with van der Waals surface area (Å²) >= 11 is 0. The number of hydrogen-bond donors (Lipinski definition) is 2. The Kier molecular flexibility index (Phi) is 4.92. The summed E-state index contributed by atoms with van der Waals surface area (Å²) in [6, 6.07) is 6.01. The van der Waals surface area contributed by atoms with Crippen LogP contribution in [0.2, 0.25) is 0 Å². The van der Waals surface area contributed by atoms with Gasteiger partial charge in [0, 0.05) is 13.0 Å². The maximum Gasteiger partial charge on any atom is 0.306 e. The molecule has 2 N–H and O–H groups in total. The van der Waals surface area contributed by atoms with E-state index in [9.17, 15) is 9.59 Å². The Balaban J connectivity index is 1.79. The van der Waals surface area contributed by atoms with Gasteiger partial charge in [-0.05, 0) is 31.0 Å². The highest BCUT2D eigenvalue weighted by Gasteiger charge is 2.06. The summed E-state index contributed by atoms with van der Waals surface area (Å²) < 4.78 is 4.49. The van der Waals surface area contributed by atoms with Crippen LogP contribution in [0.5, 0.6) is 0 Å². The van der Waals surface area contributed by atoms with Crippen molar-refractivity contribution in [2.75, 3.05) is 13.7 Å². The lowest BCUT2D eigenvalue weighted by molar-refractivity contribution is -0.142. The molecule has 0 saturated heterocycles. The highest BCUT2D eigenvalue weighted by Crippen LogP contribution is 2.13. The molecule has 0 atom stereocenters. The van der Waals surface area contributed by atoms with E-state index < -0.39 is 0 Å². The number of H-pyrrole nitrogens is 1. The van der Waals surface area contributed by atoms with Crippen LogP contribution in [0, 0.1) is 6.92 Å². The van der Waals surface area contributed by atoms with Crippen molar-refractivity contribution in [3.8, 4) is 0 Å². The number of esters is 1. The van der Waals surface area contributed by atoms with E-state index in [2.05, 4.69) is 20.0 Å². The number of amides is 1. The summed E-state index contributed by atoms with van der Waals surface area (Å²) in [5.74, 6) is 0.377. The number of imidazole rings is 1. The summed E-state index contributed by atoms with van der Waals surface area (Å²) in [5, 5.41) is 2.79. The van der Waals surface area contributed by atoms with Crippen molar-refractivity contribution in [2.45, 2.75) is 26.2 Å². The van der Waals surface area contributed by atoms with E-state index in [4.69, 9.17) is 0 Å². The normalized spacial score (nSPS) is 10.6. The number of ether oxygens (including phenoxy) is 1. The van der Waals surface area contributed by atoms with E-state index in [-0.39, 0.29) is 24.7 Å². The fourth-order valence-electron chi connectivity index (χ4n) is 2.09. The highest BCUT2D eigenvalue weighted by atomic mass is 16.5. The molecular formula is C15H19N3O3. The molecule has 6 heteroatoms. The molecule has 112 valence electrons. The van der Waals surface area contributed by atoms with E-state index >= 15 is 0 Å². The zero-order valence-corrected chi connectivity index (χ0v) is 12.2. The van der Waals surface area contributed by atoms with E-state index in [1.54, 1.807) is 0 Å². The number of aromatic nitrogens is 2. The number of rotatable bonds is 6. The average molecular weight is 289 g/mol. The number of carbonyl (C=O) groups excluding carboxylic acids is 2. The second-order valence-electron chi connectivity index (χ2n) is 4.85. The summed E-state index contributed by atoms with van der Waals surface area (Å²) in [7, 11) is 1.31. The van der Waals surface area contributed by atoms with Crippen molar-refractivity contribution >= 4 is 22.9 Å². The predicted octanol–water partition coefficient (Wildman–Crippen LogP) is 1.48. The van der Waals surface area contributed by atoms with Gasteiger partial charge in [-0.1, -0.05) is 6.07 Å². The van der Waals surface area contributed by atoms with Crippen LogP contribution < -0.4 is 5.32 Å². The van der Waals surface area contributed by atoms with Gasteiger partial charge >= 0.3 is 5.97 Å². The van der Waals surface area contributed by atoms with Crippen LogP contribution in [-0.4, -0.2) is 35.5 Å². The fraction of sp³-hybridized carbons (Fsp3) is 0.400. The second-order valence-corrected chi connectivity index (χ2v) is 4.85. The van der Waals surface area contributed by atoms with Gasteiger partial charge in [-0.15, -0.1) is 0 Å². The van der Waals surface area contributed by atoms with Crippen LogP contribution in [0.25, 0.3) is 11.0 Å². The smallest absolute Gasteiger partial charge is 0.306 e. The molecule has 0 saturated carbocycles.